The first-order chi connectivity index (χ1) is 5.90. The Balaban J connectivity index is 2.54. The summed E-state index contributed by atoms with van der Waals surface area (Å²) >= 11 is 0. The zero-order chi connectivity index (χ0) is 8.39. The van der Waals surface area contributed by atoms with Crippen LogP contribution in [-0.4, -0.2) is 15.9 Å². The number of hydrogen-bond acceptors (Lipinski definition) is 2. The quantitative estimate of drug-likeness (QED) is 0.616. The van der Waals surface area contributed by atoms with Gasteiger partial charge in [0.25, 0.3) is 0 Å². The van der Waals surface area contributed by atoms with Crippen LogP contribution in [-0.2, 0) is 11.2 Å². The first-order valence-electron chi connectivity index (χ1n) is 3.77. The van der Waals surface area contributed by atoms with Crippen LogP contribution in [0.1, 0.15) is 5.69 Å². The predicted molar refractivity (Wildman–Crippen MR) is 45.0 cm³/mol. The molecule has 0 aliphatic heterocycles. The highest BCUT2D eigenvalue weighted by Crippen LogP contribution is 2.04. The van der Waals surface area contributed by atoms with E-state index in [4.69, 9.17) is 0 Å². The molecular weight excluding hydrogens is 152 g/mol. The Morgan fingerprint density at radius 1 is 1.50 bits per heavy atom. The minimum atomic E-state index is 0.391. The van der Waals surface area contributed by atoms with Crippen molar-refractivity contribution in [2.75, 3.05) is 0 Å². The topological polar surface area (TPSA) is 34.4 Å². The smallest absolute Gasteiger partial charge is 0.126 e. The Morgan fingerprint density at radius 3 is 3.17 bits per heavy atom. The van der Waals surface area contributed by atoms with Gasteiger partial charge in [0.1, 0.15) is 6.29 Å². The molecule has 0 saturated heterocycles. The minimum Gasteiger partial charge on any atom is -0.303 e. The van der Waals surface area contributed by atoms with Gasteiger partial charge in [-0.05, 0) is 18.2 Å². The summed E-state index contributed by atoms with van der Waals surface area (Å²) in [6, 6.07) is 7.72. The third-order valence-corrected chi connectivity index (χ3v) is 1.71. The average molecular weight is 160 g/mol. The molecule has 0 unspecified atom stereocenters. The Hall–Kier alpha value is -1.64. The van der Waals surface area contributed by atoms with Gasteiger partial charge < -0.3 is 4.79 Å². The maximum atomic E-state index is 10.2. The van der Waals surface area contributed by atoms with Crippen LogP contribution in [0.5, 0.6) is 0 Å². The highest BCUT2D eigenvalue weighted by atomic mass is 16.1. The van der Waals surface area contributed by atoms with E-state index in [1.807, 2.05) is 30.5 Å². The number of rotatable bonds is 2. The standard InChI is InChI=1S/C9H8N2O/c12-6-4-8-7-9-3-1-2-5-11(9)10-8/h1-3,5-7H,4H2. The zero-order valence-electron chi connectivity index (χ0n) is 6.47. The van der Waals surface area contributed by atoms with E-state index < -0.39 is 0 Å². The zero-order valence-corrected chi connectivity index (χ0v) is 6.47. The largest absolute Gasteiger partial charge is 0.303 e. The average Bonchev–Trinajstić information content (AvgIpc) is 2.47. The van der Waals surface area contributed by atoms with Gasteiger partial charge in [-0.2, -0.15) is 5.10 Å². The van der Waals surface area contributed by atoms with Crippen molar-refractivity contribution in [2.24, 2.45) is 0 Å². The molecule has 12 heavy (non-hydrogen) atoms. The van der Waals surface area contributed by atoms with Gasteiger partial charge in [0.15, 0.2) is 0 Å². The first-order valence-corrected chi connectivity index (χ1v) is 3.77. The summed E-state index contributed by atoms with van der Waals surface area (Å²) in [6.07, 6.45) is 3.12. The molecule has 0 bridgehead atoms. The highest BCUT2D eigenvalue weighted by molar-refractivity contribution is 5.56. The molecule has 0 amide bonds. The summed E-state index contributed by atoms with van der Waals surface area (Å²) in [5, 5.41) is 4.19. The van der Waals surface area contributed by atoms with Crippen LogP contribution in [0.15, 0.2) is 30.5 Å². The monoisotopic (exact) mass is 160 g/mol. The molecular formula is C9H8N2O. The lowest BCUT2D eigenvalue weighted by molar-refractivity contribution is -0.107. The van der Waals surface area contributed by atoms with Crippen molar-refractivity contribution in [1.82, 2.24) is 9.61 Å². The maximum absolute atomic E-state index is 10.2. The van der Waals surface area contributed by atoms with Gasteiger partial charge in [-0.15, -0.1) is 0 Å². The lowest BCUT2D eigenvalue weighted by atomic mass is 10.3. The van der Waals surface area contributed by atoms with Gasteiger partial charge in [-0.3, -0.25) is 0 Å². The molecule has 2 heterocycles. The molecule has 0 radical (unpaired) electrons. The third-order valence-electron chi connectivity index (χ3n) is 1.71. The van der Waals surface area contributed by atoms with Gasteiger partial charge in [0, 0.05) is 12.6 Å². The van der Waals surface area contributed by atoms with Crippen LogP contribution in [0.4, 0.5) is 0 Å². The number of aldehydes is 1. The van der Waals surface area contributed by atoms with Crippen LogP contribution in [0, 0.1) is 0 Å². The lowest BCUT2D eigenvalue weighted by Gasteiger charge is -1.87. The molecule has 60 valence electrons. The number of hydrogen-bond donors (Lipinski definition) is 0. The van der Waals surface area contributed by atoms with E-state index in [1.165, 1.54) is 0 Å². The Morgan fingerprint density at radius 2 is 2.42 bits per heavy atom. The number of fused-ring (bicyclic) bond motifs is 1. The minimum absolute atomic E-state index is 0.391. The summed E-state index contributed by atoms with van der Waals surface area (Å²) in [5.74, 6) is 0. The molecule has 0 aliphatic rings. The van der Waals surface area contributed by atoms with Crippen LogP contribution in [0.3, 0.4) is 0 Å². The fraction of sp³-hybridized carbons (Fsp3) is 0.111. The molecule has 0 spiro atoms. The lowest BCUT2D eigenvalue weighted by Crippen LogP contribution is -1.88. The molecule has 0 saturated carbocycles. The second-order valence-corrected chi connectivity index (χ2v) is 2.58. The number of nitrogens with zero attached hydrogens (tertiary/aromatic N) is 2. The predicted octanol–water partition coefficient (Wildman–Crippen LogP) is 1.08. The summed E-state index contributed by atoms with van der Waals surface area (Å²) in [7, 11) is 0. The Kier molecular flexibility index (Phi) is 1.63. The van der Waals surface area contributed by atoms with Gasteiger partial charge in [-0.25, -0.2) is 4.52 Å². The third kappa shape index (κ3) is 1.09. The molecule has 3 nitrogen and oxygen atoms in total. The summed E-state index contributed by atoms with van der Waals surface area (Å²) < 4.78 is 1.76. The highest BCUT2D eigenvalue weighted by Gasteiger charge is 1.98. The van der Waals surface area contributed by atoms with E-state index in [-0.39, 0.29) is 0 Å². The van der Waals surface area contributed by atoms with E-state index in [1.54, 1.807) is 4.52 Å². The number of carbonyl (C=O) groups excluding carboxylic acids is 1. The maximum Gasteiger partial charge on any atom is 0.126 e. The fourth-order valence-electron chi connectivity index (χ4n) is 1.18. The van der Waals surface area contributed by atoms with Crippen molar-refractivity contribution in [3.05, 3.63) is 36.2 Å². The van der Waals surface area contributed by atoms with Crippen LogP contribution >= 0.6 is 0 Å². The molecule has 3 heteroatoms. The van der Waals surface area contributed by atoms with E-state index in [9.17, 15) is 4.79 Å². The molecule has 0 N–H and O–H groups in total. The summed E-state index contributed by atoms with van der Waals surface area (Å²) in [4.78, 5) is 10.2. The van der Waals surface area contributed by atoms with E-state index in [2.05, 4.69) is 5.10 Å². The van der Waals surface area contributed by atoms with Gasteiger partial charge in [-0.1, -0.05) is 6.07 Å². The van der Waals surface area contributed by atoms with Crippen molar-refractivity contribution in [1.29, 1.82) is 0 Å². The van der Waals surface area contributed by atoms with Crippen molar-refractivity contribution in [3.8, 4) is 0 Å². The van der Waals surface area contributed by atoms with Crippen molar-refractivity contribution in [2.45, 2.75) is 6.42 Å². The van der Waals surface area contributed by atoms with E-state index in [0.29, 0.717) is 6.42 Å². The summed E-state index contributed by atoms with van der Waals surface area (Å²) in [5.41, 5.74) is 1.84. The van der Waals surface area contributed by atoms with Gasteiger partial charge in [0.05, 0.1) is 11.2 Å². The van der Waals surface area contributed by atoms with Crippen molar-refractivity contribution < 1.29 is 4.79 Å². The number of pyridine rings is 1. The van der Waals surface area contributed by atoms with Crippen LogP contribution in [0.25, 0.3) is 5.52 Å². The first kappa shape index (κ1) is 7.03. The van der Waals surface area contributed by atoms with Crippen LogP contribution in [0.2, 0.25) is 0 Å². The van der Waals surface area contributed by atoms with E-state index >= 15 is 0 Å². The molecule has 0 aliphatic carbocycles. The van der Waals surface area contributed by atoms with E-state index in [0.717, 1.165) is 17.5 Å². The van der Waals surface area contributed by atoms with Crippen LogP contribution < -0.4 is 0 Å². The Bertz CT molecular complexity index is 373. The Labute approximate surface area is 69.6 Å². The number of aromatic nitrogens is 2. The molecule has 0 atom stereocenters. The molecule has 2 aromatic rings. The summed E-state index contributed by atoms with van der Waals surface area (Å²) in [6.45, 7) is 0. The number of carbonyl (C=O) groups is 1. The van der Waals surface area contributed by atoms with Crippen molar-refractivity contribution >= 4 is 11.8 Å². The SMILES string of the molecule is O=CCc1cc2ccccn2n1. The second kappa shape index (κ2) is 2.77. The van der Waals surface area contributed by atoms with Gasteiger partial charge in [0.2, 0.25) is 0 Å². The van der Waals surface area contributed by atoms with Crippen molar-refractivity contribution in [3.63, 3.8) is 0 Å². The molecule has 0 aromatic carbocycles. The normalized spacial score (nSPS) is 10.3. The molecule has 2 aromatic heterocycles. The molecule has 0 fully saturated rings. The molecule has 2 rings (SSSR count). The second-order valence-electron chi connectivity index (χ2n) is 2.58. The fourth-order valence-corrected chi connectivity index (χ4v) is 1.18. The van der Waals surface area contributed by atoms with Gasteiger partial charge >= 0.3 is 0 Å².